The van der Waals surface area contributed by atoms with Crippen molar-refractivity contribution in [2.24, 2.45) is 7.05 Å². The molecule has 2 aromatic rings. The maximum Gasteiger partial charge on any atom is 0.356 e. The lowest BCUT2D eigenvalue weighted by Crippen LogP contribution is -2.31. The molecule has 1 atom stereocenters. The highest BCUT2D eigenvalue weighted by Gasteiger charge is 2.18. The number of amides is 1. The maximum atomic E-state index is 12.1. The van der Waals surface area contributed by atoms with Gasteiger partial charge in [-0.05, 0) is 19.9 Å². The number of rotatable bonds is 5. The third kappa shape index (κ3) is 3.10. The van der Waals surface area contributed by atoms with E-state index in [9.17, 15) is 9.59 Å². The molecular weight excluding hydrogens is 274 g/mol. The highest BCUT2D eigenvalue weighted by Crippen LogP contribution is 2.08. The third-order valence-electron chi connectivity index (χ3n) is 3.39. The summed E-state index contributed by atoms with van der Waals surface area (Å²) in [6.45, 7) is 3.95. The Bertz CT molecular complexity index is 673. The van der Waals surface area contributed by atoms with E-state index in [1.807, 2.05) is 14.0 Å². The predicted molar refractivity (Wildman–Crippen MR) is 73.7 cm³/mol. The predicted octanol–water partition coefficient (Wildman–Crippen LogP) is 0.501. The highest BCUT2D eigenvalue weighted by molar-refractivity contribution is 5.85. The zero-order valence-electron chi connectivity index (χ0n) is 12.1. The molecule has 0 aliphatic heterocycles. The molecule has 0 radical (unpaired) electrons. The van der Waals surface area contributed by atoms with Gasteiger partial charge in [-0.3, -0.25) is 14.2 Å². The van der Waals surface area contributed by atoms with Crippen molar-refractivity contribution in [1.82, 2.24) is 24.9 Å². The average molecular weight is 291 g/mol. The van der Waals surface area contributed by atoms with Gasteiger partial charge in [-0.25, -0.2) is 4.79 Å². The highest BCUT2D eigenvalue weighted by atomic mass is 16.4. The number of carboxylic acids is 1. The van der Waals surface area contributed by atoms with Crippen LogP contribution in [-0.4, -0.2) is 36.5 Å². The molecule has 2 N–H and O–H groups in total. The number of nitrogens with one attached hydrogen (secondary N) is 1. The largest absolute Gasteiger partial charge is 0.476 e. The molecule has 0 saturated carbocycles. The molecule has 1 amide bonds. The summed E-state index contributed by atoms with van der Waals surface area (Å²) >= 11 is 0. The van der Waals surface area contributed by atoms with Crippen LogP contribution in [0.3, 0.4) is 0 Å². The number of hydrogen-bond acceptors (Lipinski definition) is 4. The summed E-state index contributed by atoms with van der Waals surface area (Å²) in [5.41, 5.74) is 1.83. The van der Waals surface area contributed by atoms with Gasteiger partial charge in [-0.2, -0.15) is 10.2 Å². The van der Waals surface area contributed by atoms with Gasteiger partial charge in [0.2, 0.25) is 5.91 Å². The first kappa shape index (κ1) is 14.8. The minimum Gasteiger partial charge on any atom is -0.476 e. The Balaban J connectivity index is 1.99. The summed E-state index contributed by atoms with van der Waals surface area (Å²) in [5.74, 6) is -1.36. The Labute approximate surface area is 121 Å². The molecule has 8 nitrogen and oxygen atoms in total. The molecule has 2 aromatic heterocycles. The van der Waals surface area contributed by atoms with Crippen LogP contribution in [0.4, 0.5) is 0 Å². The minimum atomic E-state index is -1.12. The van der Waals surface area contributed by atoms with Gasteiger partial charge in [0.1, 0.15) is 6.04 Å². The molecule has 0 fully saturated rings. The van der Waals surface area contributed by atoms with Gasteiger partial charge in [-0.1, -0.05) is 0 Å². The summed E-state index contributed by atoms with van der Waals surface area (Å²) in [5, 5.41) is 19.6. The molecule has 112 valence electrons. The van der Waals surface area contributed by atoms with Crippen molar-refractivity contribution >= 4 is 11.9 Å². The van der Waals surface area contributed by atoms with E-state index < -0.39 is 12.0 Å². The van der Waals surface area contributed by atoms with Gasteiger partial charge in [-0.15, -0.1) is 0 Å². The van der Waals surface area contributed by atoms with Crippen molar-refractivity contribution in [1.29, 1.82) is 0 Å². The second-order valence-corrected chi connectivity index (χ2v) is 4.76. The molecule has 0 aliphatic carbocycles. The minimum absolute atomic E-state index is 0.0854. The SMILES string of the molecule is Cc1c(CNC(=O)C(C)n2ccc(C(=O)O)n2)cnn1C. The van der Waals surface area contributed by atoms with Crippen molar-refractivity contribution in [3.8, 4) is 0 Å². The number of aromatic carboxylic acids is 1. The van der Waals surface area contributed by atoms with Gasteiger partial charge in [0, 0.05) is 31.0 Å². The summed E-state index contributed by atoms with van der Waals surface area (Å²) in [4.78, 5) is 22.8. The van der Waals surface area contributed by atoms with E-state index in [0.29, 0.717) is 6.54 Å². The first-order valence-electron chi connectivity index (χ1n) is 6.43. The monoisotopic (exact) mass is 291 g/mol. The molecule has 0 spiro atoms. The number of carbonyl (C=O) groups excluding carboxylic acids is 1. The van der Waals surface area contributed by atoms with Gasteiger partial charge in [0.05, 0.1) is 6.20 Å². The van der Waals surface area contributed by atoms with Crippen LogP contribution >= 0.6 is 0 Å². The lowest BCUT2D eigenvalue weighted by Gasteiger charge is -2.12. The second kappa shape index (κ2) is 5.78. The van der Waals surface area contributed by atoms with Crippen LogP contribution < -0.4 is 5.32 Å². The second-order valence-electron chi connectivity index (χ2n) is 4.76. The van der Waals surface area contributed by atoms with Crippen molar-refractivity contribution in [2.45, 2.75) is 26.4 Å². The number of aryl methyl sites for hydroxylation is 1. The lowest BCUT2D eigenvalue weighted by atomic mass is 10.2. The smallest absolute Gasteiger partial charge is 0.356 e. The first-order chi connectivity index (χ1) is 9.90. The molecule has 0 aliphatic rings. The van der Waals surface area contributed by atoms with Gasteiger partial charge in [0.15, 0.2) is 5.69 Å². The van der Waals surface area contributed by atoms with Crippen LogP contribution in [0, 0.1) is 6.92 Å². The summed E-state index contributed by atoms with van der Waals surface area (Å²) in [6, 6.07) is 0.771. The van der Waals surface area contributed by atoms with Crippen LogP contribution in [0.2, 0.25) is 0 Å². The molecule has 21 heavy (non-hydrogen) atoms. The van der Waals surface area contributed by atoms with Crippen molar-refractivity contribution in [3.63, 3.8) is 0 Å². The number of carbonyl (C=O) groups is 2. The van der Waals surface area contributed by atoms with Crippen LogP contribution in [0.25, 0.3) is 0 Å². The number of carboxylic acid groups (broad SMARTS) is 1. The molecule has 2 heterocycles. The van der Waals surface area contributed by atoms with E-state index in [1.165, 1.54) is 16.9 Å². The Kier molecular flexibility index (Phi) is 4.06. The summed E-state index contributed by atoms with van der Waals surface area (Å²) in [7, 11) is 1.83. The first-order valence-corrected chi connectivity index (χ1v) is 6.43. The average Bonchev–Trinajstić information content (AvgIpc) is 3.05. The standard InChI is InChI=1S/C13H17N5O3/c1-8-10(7-15-17(8)3)6-14-12(19)9(2)18-5-4-11(16-18)13(20)21/h4-5,7,9H,6H2,1-3H3,(H,14,19)(H,20,21). The van der Waals surface area contributed by atoms with Crippen molar-refractivity contribution in [3.05, 3.63) is 35.4 Å². The molecule has 0 saturated heterocycles. The van der Waals surface area contributed by atoms with E-state index in [1.54, 1.807) is 17.8 Å². The lowest BCUT2D eigenvalue weighted by molar-refractivity contribution is -0.124. The van der Waals surface area contributed by atoms with E-state index in [-0.39, 0.29) is 11.6 Å². The van der Waals surface area contributed by atoms with Crippen LogP contribution in [0.15, 0.2) is 18.5 Å². The molecular formula is C13H17N5O3. The maximum absolute atomic E-state index is 12.1. The van der Waals surface area contributed by atoms with Crippen molar-refractivity contribution < 1.29 is 14.7 Å². The summed E-state index contributed by atoms with van der Waals surface area (Å²) in [6.07, 6.45) is 3.18. The zero-order valence-corrected chi connectivity index (χ0v) is 12.1. The fourth-order valence-corrected chi connectivity index (χ4v) is 1.84. The number of aromatic nitrogens is 4. The Morgan fingerprint density at radius 3 is 2.71 bits per heavy atom. The molecule has 8 heteroatoms. The molecule has 2 rings (SSSR count). The van der Waals surface area contributed by atoms with Crippen LogP contribution in [0.1, 0.15) is 34.7 Å². The molecule has 0 bridgehead atoms. The molecule has 0 aromatic carbocycles. The Morgan fingerprint density at radius 2 is 2.19 bits per heavy atom. The third-order valence-corrected chi connectivity index (χ3v) is 3.39. The van der Waals surface area contributed by atoms with E-state index in [0.717, 1.165) is 11.3 Å². The zero-order chi connectivity index (χ0) is 15.6. The quantitative estimate of drug-likeness (QED) is 0.835. The fraction of sp³-hybridized carbons (Fsp3) is 0.385. The Hall–Kier alpha value is -2.64. The Morgan fingerprint density at radius 1 is 1.48 bits per heavy atom. The number of nitrogens with zero attached hydrogens (tertiary/aromatic N) is 4. The van der Waals surface area contributed by atoms with Crippen LogP contribution in [0.5, 0.6) is 0 Å². The van der Waals surface area contributed by atoms with Gasteiger partial charge >= 0.3 is 5.97 Å². The number of hydrogen-bond donors (Lipinski definition) is 2. The topological polar surface area (TPSA) is 102 Å². The normalized spacial score (nSPS) is 12.1. The van der Waals surface area contributed by atoms with Gasteiger partial charge in [0.25, 0.3) is 0 Å². The van der Waals surface area contributed by atoms with Crippen LogP contribution in [-0.2, 0) is 18.4 Å². The summed E-state index contributed by atoms with van der Waals surface area (Å²) < 4.78 is 3.06. The van der Waals surface area contributed by atoms with E-state index >= 15 is 0 Å². The van der Waals surface area contributed by atoms with Gasteiger partial charge < -0.3 is 10.4 Å². The fourth-order valence-electron chi connectivity index (χ4n) is 1.84. The van der Waals surface area contributed by atoms with Crippen molar-refractivity contribution in [2.75, 3.05) is 0 Å². The van der Waals surface area contributed by atoms with E-state index in [4.69, 9.17) is 5.11 Å². The van der Waals surface area contributed by atoms with E-state index in [2.05, 4.69) is 15.5 Å². The molecule has 1 unspecified atom stereocenters.